The first-order valence-electron chi connectivity index (χ1n) is 13.3. The Bertz CT molecular complexity index is 1460. The van der Waals surface area contributed by atoms with Crippen LogP contribution in [0.2, 0.25) is 5.02 Å². The molecule has 0 saturated carbocycles. The van der Waals surface area contributed by atoms with Gasteiger partial charge in [0.15, 0.2) is 11.6 Å². The second-order valence-corrected chi connectivity index (χ2v) is 10.7. The summed E-state index contributed by atoms with van der Waals surface area (Å²) >= 11 is 6.10. The molecule has 2 aliphatic heterocycles. The fourth-order valence-corrected chi connectivity index (χ4v) is 5.63. The van der Waals surface area contributed by atoms with Gasteiger partial charge in [0.25, 0.3) is 0 Å². The number of pyridine rings is 1. The van der Waals surface area contributed by atoms with Crippen LogP contribution in [-0.4, -0.2) is 66.1 Å². The molecule has 0 radical (unpaired) electrons. The van der Waals surface area contributed by atoms with E-state index in [-0.39, 0.29) is 30.0 Å². The van der Waals surface area contributed by atoms with E-state index < -0.39 is 23.8 Å². The smallest absolute Gasteiger partial charge is 0.407 e. The second-order valence-electron chi connectivity index (χ2n) is 10.3. The number of piperidine rings is 1. The number of carbonyl (C=O) groups is 2. The number of hydrogen-bond acceptors (Lipinski definition) is 6. The number of ether oxygens (including phenoxy) is 1. The van der Waals surface area contributed by atoms with Gasteiger partial charge in [-0.2, -0.15) is 5.26 Å². The van der Waals surface area contributed by atoms with Crippen molar-refractivity contribution in [1.29, 1.82) is 5.26 Å². The highest BCUT2D eigenvalue weighted by atomic mass is 35.5. The molecule has 2 fully saturated rings. The average Bonchev–Trinajstić information content (AvgIpc) is 3.44. The summed E-state index contributed by atoms with van der Waals surface area (Å²) in [5.74, 6) is -1.74. The van der Waals surface area contributed by atoms with Crippen LogP contribution in [0.3, 0.4) is 0 Å². The van der Waals surface area contributed by atoms with Gasteiger partial charge in [0.2, 0.25) is 5.91 Å². The van der Waals surface area contributed by atoms with Crippen LogP contribution in [0.1, 0.15) is 29.9 Å². The van der Waals surface area contributed by atoms with Crippen molar-refractivity contribution in [1.82, 2.24) is 14.8 Å². The SMILES string of the molecule is CN(C(=O)Oc1ccc(F)cc1F)[C@@H]1CN(C(=O)C2CCN(c3ccc(C#N)cn3)CC2)C[C@H]1c1ccc(Cl)cc1. The van der Waals surface area contributed by atoms with Crippen LogP contribution in [0.5, 0.6) is 5.75 Å². The number of likely N-dealkylation sites (N-methyl/N-ethyl adjacent to an activating group) is 1. The predicted octanol–water partition coefficient (Wildman–Crippen LogP) is 5.23. The van der Waals surface area contributed by atoms with Crippen molar-refractivity contribution < 1.29 is 23.1 Å². The van der Waals surface area contributed by atoms with E-state index in [9.17, 15) is 18.4 Å². The lowest BCUT2D eigenvalue weighted by atomic mass is 9.93. The molecule has 2 atom stereocenters. The molecule has 3 heterocycles. The van der Waals surface area contributed by atoms with E-state index in [1.165, 1.54) is 4.90 Å². The van der Waals surface area contributed by atoms with E-state index in [1.54, 1.807) is 36.3 Å². The van der Waals surface area contributed by atoms with Gasteiger partial charge in [0.05, 0.1) is 11.6 Å². The zero-order valence-corrected chi connectivity index (χ0v) is 23.1. The van der Waals surface area contributed by atoms with Crippen molar-refractivity contribution in [3.63, 3.8) is 0 Å². The Morgan fingerprint density at radius 2 is 1.80 bits per heavy atom. The van der Waals surface area contributed by atoms with Crippen LogP contribution < -0.4 is 9.64 Å². The third-order valence-corrected chi connectivity index (χ3v) is 8.07. The first-order chi connectivity index (χ1) is 19.7. The first-order valence-corrected chi connectivity index (χ1v) is 13.7. The zero-order valence-electron chi connectivity index (χ0n) is 22.3. The van der Waals surface area contributed by atoms with Crippen LogP contribution >= 0.6 is 11.6 Å². The largest absolute Gasteiger partial charge is 0.415 e. The quantitative estimate of drug-likeness (QED) is 0.411. The minimum atomic E-state index is -0.980. The molecule has 0 spiro atoms. The number of hydrogen-bond donors (Lipinski definition) is 0. The molecule has 212 valence electrons. The molecular weight excluding hydrogens is 552 g/mol. The standard InChI is InChI=1S/C30H28ClF2N5O3/c1-36(30(40)41-27-8-7-23(32)14-25(27)33)26-18-38(17-24(26)20-3-5-22(31)6-4-20)29(39)21-10-12-37(13-11-21)28-9-2-19(15-34)16-35-28/h2-9,14,16,21,24,26H,10-13,17-18H2,1H3/t24-,26+/m0/s1. The highest BCUT2D eigenvalue weighted by molar-refractivity contribution is 6.30. The van der Waals surface area contributed by atoms with Crippen LogP contribution in [0, 0.1) is 28.9 Å². The van der Waals surface area contributed by atoms with Gasteiger partial charge < -0.3 is 19.4 Å². The highest BCUT2D eigenvalue weighted by Crippen LogP contribution is 2.34. The number of nitrogens with zero attached hydrogens (tertiary/aromatic N) is 5. The number of rotatable bonds is 5. The lowest BCUT2D eigenvalue weighted by Gasteiger charge is -2.34. The third-order valence-electron chi connectivity index (χ3n) is 7.82. The van der Waals surface area contributed by atoms with Crippen molar-refractivity contribution in [3.8, 4) is 11.8 Å². The molecule has 8 nitrogen and oxygen atoms in total. The van der Waals surface area contributed by atoms with E-state index in [2.05, 4.69) is 16.0 Å². The molecular formula is C30H28ClF2N5O3. The van der Waals surface area contributed by atoms with Crippen molar-refractivity contribution >= 4 is 29.4 Å². The minimum absolute atomic E-state index is 0.0187. The maximum absolute atomic E-state index is 14.2. The topological polar surface area (TPSA) is 89.8 Å². The molecule has 0 bridgehead atoms. The molecule has 2 amide bonds. The zero-order chi connectivity index (χ0) is 29.1. The summed E-state index contributed by atoms with van der Waals surface area (Å²) in [6, 6.07) is 15.2. The summed E-state index contributed by atoms with van der Waals surface area (Å²) in [4.78, 5) is 36.3. The van der Waals surface area contributed by atoms with Crippen molar-refractivity contribution in [2.45, 2.75) is 24.8 Å². The molecule has 2 saturated heterocycles. The maximum Gasteiger partial charge on any atom is 0.415 e. The molecule has 2 aromatic carbocycles. The molecule has 0 unspecified atom stereocenters. The summed E-state index contributed by atoms with van der Waals surface area (Å²) in [5.41, 5.74) is 1.40. The number of aromatic nitrogens is 1. The molecule has 0 N–H and O–H groups in total. The predicted molar refractivity (Wildman–Crippen MR) is 149 cm³/mol. The van der Waals surface area contributed by atoms with Crippen LogP contribution in [0.25, 0.3) is 0 Å². The lowest BCUT2D eigenvalue weighted by Crippen LogP contribution is -2.45. The number of benzene rings is 2. The Hall–Kier alpha value is -4.23. The van der Waals surface area contributed by atoms with Crippen LogP contribution in [-0.2, 0) is 4.79 Å². The van der Waals surface area contributed by atoms with E-state index in [4.69, 9.17) is 21.6 Å². The summed E-state index contributed by atoms with van der Waals surface area (Å²) < 4.78 is 32.7. The van der Waals surface area contributed by atoms with Crippen LogP contribution in [0.15, 0.2) is 60.8 Å². The highest BCUT2D eigenvalue weighted by Gasteiger charge is 2.42. The van der Waals surface area contributed by atoms with Gasteiger partial charge in [0.1, 0.15) is 17.7 Å². The number of nitriles is 1. The minimum Gasteiger partial charge on any atom is -0.407 e. The number of likely N-dealkylation sites (tertiary alicyclic amines) is 1. The van der Waals surface area contributed by atoms with Crippen LogP contribution in [0.4, 0.5) is 19.4 Å². The van der Waals surface area contributed by atoms with Gasteiger partial charge in [-0.05, 0) is 54.8 Å². The van der Waals surface area contributed by atoms with Gasteiger partial charge in [0, 0.05) is 62.3 Å². The van der Waals surface area contributed by atoms with E-state index >= 15 is 0 Å². The Morgan fingerprint density at radius 3 is 2.44 bits per heavy atom. The monoisotopic (exact) mass is 579 g/mol. The fourth-order valence-electron chi connectivity index (χ4n) is 5.51. The van der Waals surface area contributed by atoms with Crippen molar-refractivity contribution in [2.75, 3.05) is 38.1 Å². The molecule has 3 aromatic rings. The summed E-state index contributed by atoms with van der Waals surface area (Å²) in [6.07, 6.45) is 2.03. The third kappa shape index (κ3) is 6.25. The normalized spacial score (nSPS) is 19.1. The number of amides is 2. The summed E-state index contributed by atoms with van der Waals surface area (Å²) in [7, 11) is 1.55. The number of anilines is 1. The van der Waals surface area contributed by atoms with Gasteiger partial charge in [-0.25, -0.2) is 18.6 Å². The summed E-state index contributed by atoms with van der Waals surface area (Å²) in [5, 5.41) is 9.57. The molecule has 41 heavy (non-hydrogen) atoms. The van der Waals surface area contributed by atoms with E-state index in [0.29, 0.717) is 49.1 Å². The Labute approximate surface area is 241 Å². The Morgan fingerprint density at radius 1 is 1.07 bits per heavy atom. The second kappa shape index (κ2) is 12.1. The number of halogens is 3. The van der Waals surface area contributed by atoms with Gasteiger partial charge in [-0.3, -0.25) is 4.79 Å². The first kappa shape index (κ1) is 28.3. The summed E-state index contributed by atoms with van der Waals surface area (Å²) in [6.45, 7) is 1.98. The average molecular weight is 580 g/mol. The van der Waals surface area contributed by atoms with Crippen molar-refractivity contribution in [3.05, 3.63) is 88.6 Å². The van der Waals surface area contributed by atoms with Gasteiger partial charge in [-0.15, -0.1) is 0 Å². The fraction of sp³-hybridized carbons (Fsp3) is 0.333. The van der Waals surface area contributed by atoms with E-state index in [0.717, 1.165) is 23.5 Å². The Kier molecular flexibility index (Phi) is 8.36. The molecule has 5 rings (SSSR count). The molecule has 0 aliphatic carbocycles. The molecule has 1 aromatic heterocycles. The van der Waals surface area contributed by atoms with Crippen molar-refractivity contribution in [2.24, 2.45) is 5.92 Å². The maximum atomic E-state index is 14.2. The molecule has 11 heteroatoms. The Balaban J connectivity index is 1.28. The van der Waals surface area contributed by atoms with Gasteiger partial charge >= 0.3 is 6.09 Å². The lowest BCUT2D eigenvalue weighted by molar-refractivity contribution is -0.135. The van der Waals surface area contributed by atoms with Gasteiger partial charge in [-0.1, -0.05) is 23.7 Å². The number of carbonyl (C=O) groups excluding carboxylic acids is 2. The van der Waals surface area contributed by atoms with E-state index in [1.807, 2.05) is 18.2 Å². The molecule has 2 aliphatic rings.